The first-order valence-corrected chi connectivity index (χ1v) is 15.1. The number of carbonyl (C=O) groups excluding carboxylic acids is 1. The van der Waals surface area contributed by atoms with Gasteiger partial charge in [0.05, 0.1) is 18.8 Å². The fraction of sp³-hybridized carbons (Fsp3) is 0.839. The van der Waals surface area contributed by atoms with E-state index in [1.165, 1.54) is 64.2 Å². The Balaban J connectivity index is 3.83. The molecule has 0 rings (SSSR count). The maximum absolute atomic E-state index is 12.2. The molecule has 0 spiro atoms. The Bertz CT molecular complexity index is 535. The number of rotatable bonds is 26. The highest BCUT2D eigenvalue weighted by Gasteiger charge is 2.26. The molecule has 3 unspecified atom stereocenters. The Labute approximate surface area is 222 Å². The summed E-state index contributed by atoms with van der Waals surface area (Å²) in [5, 5.41) is 33.0. The summed E-state index contributed by atoms with van der Waals surface area (Å²) in [6, 6.07) is -0.824. The van der Waals surface area contributed by atoms with Gasteiger partial charge in [0.2, 0.25) is 5.91 Å². The molecule has 0 aromatic rings. The lowest BCUT2D eigenvalue weighted by Gasteiger charge is -2.26. The summed E-state index contributed by atoms with van der Waals surface area (Å²) in [6.07, 6.45) is 28.4. The average Bonchev–Trinajstić information content (AvgIpc) is 2.88. The maximum Gasteiger partial charge on any atom is 0.220 e. The van der Waals surface area contributed by atoms with Gasteiger partial charge in [0.1, 0.15) is 6.10 Å². The number of aliphatic hydroxyl groups is 3. The standard InChI is InChI=1S/C31H59NO4/c1-3-5-7-9-11-13-15-16-18-20-22-24-26-30(35)32-28(27-33)31(36)29(34)25-23-21-19-17-14-12-10-8-6-4-2/h8,10,17,19,28-29,31,33-34,36H,3-7,9,11-16,18,20-27H2,1-2H3,(H,32,35)/b10-8+,19-17+. The minimum absolute atomic E-state index is 0.164. The Hall–Kier alpha value is -1.17. The predicted molar refractivity (Wildman–Crippen MR) is 153 cm³/mol. The van der Waals surface area contributed by atoms with Crippen molar-refractivity contribution >= 4 is 5.91 Å². The van der Waals surface area contributed by atoms with Gasteiger partial charge in [-0.1, -0.05) is 115 Å². The van der Waals surface area contributed by atoms with Crippen LogP contribution in [0.25, 0.3) is 0 Å². The van der Waals surface area contributed by atoms with Gasteiger partial charge in [-0.25, -0.2) is 0 Å². The number of aliphatic hydroxyl groups excluding tert-OH is 3. The fourth-order valence-corrected chi connectivity index (χ4v) is 4.36. The van der Waals surface area contributed by atoms with Crippen LogP contribution in [-0.2, 0) is 4.79 Å². The molecular weight excluding hydrogens is 450 g/mol. The van der Waals surface area contributed by atoms with Gasteiger partial charge in [0.15, 0.2) is 0 Å². The van der Waals surface area contributed by atoms with Crippen LogP contribution in [0.15, 0.2) is 24.3 Å². The second-order valence-electron chi connectivity index (χ2n) is 10.3. The molecule has 5 heteroatoms. The van der Waals surface area contributed by atoms with Crippen molar-refractivity contribution in [3.63, 3.8) is 0 Å². The van der Waals surface area contributed by atoms with Gasteiger partial charge in [0, 0.05) is 6.42 Å². The van der Waals surface area contributed by atoms with Gasteiger partial charge >= 0.3 is 0 Å². The number of hydrogen-bond donors (Lipinski definition) is 4. The highest BCUT2D eigenvalue weighted by Crippen LogP contribution is 2.13. The molecule has 0 heterocycles. The molecule has 36 heavy (non-hydrogen) atoms. The van der Waals surface area contributed by atoms with Crippen molar-refractivity contribution in [1.29, 1.82) is 0 Å². The molecule has 4 N–H and O–H groups in total. The van der Waals surface area contributed by atoms with Crippen molar-refractivity contribution in [2.24, 2.45) is 0 Å². The minimum Gasteiger partial charge on any atom is -0.394 e. The van der Waals surface area contributed by atoms with E-state index in [2.05, 4.69) is 43.5 Å². The normalized spacial score (nSPS) is 14.5. The second kappa shape index (κ2) is 26.9. The van der Waals surface area contributed by atoms with Crippen LogP contribution in [0.4, 0.5) is 0 Å². The average molecular weight is 510 g/mol. The minimum atomic E-state index is -1.16. The summed E-state index contributed by atoms with van der Waals surface area (Å²) in [5.74, 6) is -0.164. The molecule has 0 saturated heterocycles. The van der Waals surface area contributed by atoms with Gasteiger partial charge in [-0.05, 0) is 44.9 Å². The van der Waals surface area contributed by atoms with E-state index in [-0.39, 0.29) is 12.5 Å². The predicted octanol–water partition coefficient (Wildman–Crippen LogP) is 7.14. The number of hydrogen-bond acceptors (Lipinski definition) is 4. The molecule has 0 bridgehead atoms. The zero-order valence-corrected chi connectivity index (χ0v) is 23.6. The third-order valence-electron chi connectivity index (χ3n) is 6.77. The van der Waals surface area contributed by atoms with Crippen LogP contribution in [0.5, 0.6) is 0 Å². The van der Waals surface area contributed by atoms with Crippen molar-refractivity contribution in [2.75, 3.05) is 6.61 Å². The SMILES string of the molecule is CCC/C=C/CC/C=C/CCCC(O)C(O)C(CO)NC(=O)CCCCCCCCCCCCCC. The Morgan fingerprint density at radius 2 is 1.17 bits per heavy atom. The molecule has 0 aromatic heterocycles. The van der Waals surface area contributed by atoms with E-state index < -0.39 is 18.2 Å². The van der Waals surface area contributed by atoms with E-state index in [4.69, 9.17) is 0 Å². The van der Waals surface area contributed by atoms with Crippen molar-refractivity contribution in [3.8, 4) is 0 Å². The van der Waals surface area contributed by atoms with Crippen LogP contribution in [0.1, 0.15) is 142 Å². The summed E-state index contributed by atoms with van der Waals surface area (Å²) in [5.41, 5.74) is 0. The lowest BCUT2D eigenvalue weighted by molar-refractivity contribution is -0.124. The molecule has 1 amide bonds. The number of allylic oxidation sites excluding steroid dienone is 4. The molecule has 0 aliphatic rings. The Morgan fingerprint density at radius 3 is 1.69 bits per heavy atom. The summed E-state index contributed by atoms with van der Waals surface area (Å²) in [4.78, 5) is 12.2. The van der Waals surface area contributed by atoms with Gasteiger partial charge in [0.25, 0.3) is 0 Å². The quantitative estimate of drug-likeness (QED) is 0.0737. The van der Waals surface area contributed by atoms with Crippen LogP contribution >= 0.6 is 0 Å². The van der Waals surface area contributed by atoms with E-state index in [1.807, 2.05) is 0 Å². The molecule has 0 radical (unpaired) electrons. The molecule has 3 atom stereocenters. The summed E-state index contributed by atoms with van der Waals surface area (Å²) < 4.78 is 0. The van der Waals surface area contributed by atoms with Gasteiger partial charge in [-0.2, -0.15) is 0 Å². The number of carbonyl (C=O) groups is 1. The van der Waals surface area contributed by atoms with Gasteiger partial charge < -0.3 is 20.6 Å². The third kappa shape index (κ3) is 22.1. The molecule has 0 fully saturated rings. The van der Waals surface area contributed by atoms with Gasteiger partial charge in [-0.15, -0.1) is 0 Å². The zero-order chi connectivity index (χ0) is 26.7. The summed E-state index contributed by atoms with van der Waals surface area (Å²) >= 11 is 0. The smallest absolute Gasteiger partial charge is 0.220 e. The van der Waals surface area contributed by atoms with Crippen molar-refractivity contribution in [3.05, 3.63) is 24.3 Å². The van der Waals surface area contributed by atoms with Crippen molar-refractivity contribution < 1.29 is 20.1 Å². The maximum atomic E-state index is 12.2. The fourth-order valence-electron chi connectivity index (χ4n) is 4.36. The second-order valence-corrected chi connectivity index (χ2v) is 10.3. The monoisotopic (exact) mass is 509 g/mol. The topological polar surface area (TPSA) is 89.8 Å². The van der Waals surface area contributed by atoms with Crippen LogP contribution in [0.2, 0.25) is 0 Å². The highest BCUT2D eigenvalue weighted by atomic mass is 16.3. The molecule has 5 nitrogen and oxygen atoms in total. The number of nitrogens with one attached hydrogen (secondary N) is 1. The lowest BCUT2D eigenvalue weighted by Crippen LogP contribution is -2.50. The van der Waals surface area contributed by atoms with Crippen molar-refractivity contribution in [2.45, 2.75) is 161 Å². The van der Waals surface area contributed by atoms with Crippen molar-refractivity contribution in [1.82, 2.24) is 5.32 Å². The van der Waals surface area contributed by atoms with Crippen LogP contribution in [-0.4, -0.2) is 46.1 Å². The third-order valence-corrected chi connectivity index (χ3v) is 6.77. The molecule has 0 aromatic carbocycles. The highest BCUT2D eigenvalue weighted by molar-refractivity contribution is 5.76. The van der Waals surface area contributed by atoms with Gasteiger partial charge in [-0.3, -0.25) is 4.79 Å². The largest absolute Gasteiger partial charge is 0.394 e. The molecule has 0 aliphatic heterocycles. The van der Waals surface area contributed by atoms with Crippen LogP contribution in [0, 0.1) is 0 Å². The van der Waals surface area contributed by atoms with E-state index >= 15 is 0 Å². The van der Waals surface area contributed by atoms with E-state index in [9.17, 15) is 20.1 Å². The Kier molecular flexibility index (Phi) is 26.0. The first-order valence-electron chi connectivity index (χ1n) is 15.1. The molecule has 0 aliphatic carbocycles. The first kappa shape index (κ1) is 34.8. The molecular formula is C31H59NO4. The summed E-state index contributed by atoms with van der Waals surface area (Å²) in [7, 11) is 0. The first-order chi connectivity index (χ1) is 17.6. The van der Waals surface area contributed by atoms with Crippen LogP contribution in [0.3, 0.4) is 0 Å². The number of unbranched alkanes of at least 4 members (excludes halogenated alkanes) is 14. The van der Waals surface area contributed by atoms with Crippen LogP contribution < -0.4 is 5.32 Å². The molecule has 212 valence electrons. The summed E-state index contributed by atoms with van der Waals surface area (Å²) in [6.45, 7) is 4.04. The zero-order valence-electron chi connectivity index (χ0n) is 23.6. The van der Waals surface area contributed by atoms with E-state index in [0.29, 0.717) is 12.8 Å². The lowest BCUT2D eigenvalue weighted by atomic mass is 10.0. The molecule has 0 saturated carbocycles. The Morgan fingerprint density at radius 1 is 0.667 bits per heavy atom. The van der Waals surface area contributed by atoms with E-state index in [1.54, 1.807) is 0 Å². The number of amides is 1. The van der Waals surface area contributed by atoms with E-state index in [0.717, 1.165) is 51.4 Å².